The van der Waals surface area contributed by atoms with E-state index in [9.17, 15) is 0 Å². The minimum Gasteiger partial charge on any atom is -0.495 e. The summed E-state index contributed by atoms with van der Waals surface area (Å²) < 4.78 is 4.92. The predicted molar refractivity (Wildman–Crippen MR) is 121 cm³/mol. The molecule has 2 aliphatic rings. The van der Waals surface area contributed by atoms with Crippen LogP contribution in [0.1, 0.15) is 56.9 Å². The normalized spacial score (nSPS) is 22.3. The van der Waals surface area contributed by atoms with Crippen molar-refractivity contribution in [2.75, 3.05) is 12.8 Å². The summed E-state index contributed by atoms with van der Waals surface area (Å²) in [5.74, 6) is 2.43. The Kier molecular flexibility index (Phi) is 7.19. The van der Waals surface area contributed by atoms with E-state index in [-0.39, 0.29) is 0 Å². The molecule has 152 valence electrons. The third kappa shape index (κ3) is 4.45. The Balaban J connectivity index is 0.000000192. The van der Waals surface area contributed by atoms with Crippen LogP contribution in [0.5, 0.6) is 5.75 Å². The molecule has 3 nitrogen and oxygen atoms in total. The van der Waals surface area contributed by atoms with Crippen molar-refractivity contribution >= 4 is 29.2 Å². The van der Waals surface area contributed by atoms with Gasteiger partial charge >= 0.3 is 0 Å². The van der Waals surface area contributed by atoms with Gasteiger partial charge in [0.15, 0.2) is 0 Å². The van der Waals surface area contributed by atoms with Gasteiger partial charge in [0.05, 0.1) is 12.8 Å². The van der Waals surface area contributed by atoms with Crippen molar-refractivity contribution in [3.63, 3.8) is 0 Å². The van der Waals surface area contributed by atoms with Crippen LogP contribution in [0.25, 0.3) is 0 Å². The fraction of sp³-hybridized carbons (Fsp3) is 0.478. The maximum atomic E-state index is 5.64. The van der Waals surface area contributed by atoms with E-state index in [2.05, 4.69) is 31.2 Å². The number of hydrogen-bond acceptors (Lipinski definition) is 4. The molecule has 0 aromatic heterocycles. The summed E-state index contributed by atoms with van der Waals surface area (Å²) in [4.78, 5) is 1.17. The lowest BCUT2D eigenvalue weighted by molar-refractivity contribution is 0.299. The molecular weight excluding hydrogens is 388 g/mol. The van der Waals surface area contributed by atoms with E-state index in [0.717, 1.165) is 11.8 Å². The van der Waals surface area contributed by atoms with Crippen LogP contribution in [-0.4, -0.2) is 7.11 Å². The van der Waals surface area contributed by atoms with Crippen molar-refractivity contribution in [3.05, 3.63) is 53.1 Å². The molecule has 0 radical (unpaired) electrons. The first-order valence-electron chi connectivity index (χ1n) is 10.1. The molecule has 4 rings (SSSR count). The largest absolute Gasteiger partial charge is 0.495 e. The van der Waals surface area contributed by atoms with Gasteiger partial charge < -0.3 is 10.5 Å². The number of anilines is 1. The average molecular weight is 419 g/mol. The third-order valence-electron chi connectivity index (χ3n) is 6.44. The van der Waals surface area contributed by atoms with Crippen LogP contribution >= 0.6 is 23.5 Å². The molecule has 4 N–H and O–H groups in total. The van der Waals surface area contributed by atoms with Crippen LogP contribution in [0.15, 0.2) is 47.4 Å². The molecule has 0 heterocycles. The van der Waals surface area contributed by atoms with Crippen LogP contribution in [0.3, 0.4) is 0 Å². The zero-order valence-corrected chi connectivity index (χ0v) is 18.4. The van der Waals surface area contributed by atoms with E-state index in [1.807, 2.05) is 0 Å². The SMILES string of the molecule is CCC1C(c2ccc(SN)cc2)C12CCCCC2.COc1ccc(Cl)cc1N. The molecule has 2 saturated carbocycles. The Labute approximate surface area is 178 Å². The summed E-state index contributed by atoms with van der Waals surface area (Å²) in [6.07, 6.45) is 8.62. The first-order chi connectivity index (χ1) is 13.6. The van der Waals surface area contributed by atoms with E-state index < -0.39 is 0 Å². The van der Waals surface area contributed by atoms with Crippen molar-refractivity contribution in [1.29, 1.82) is 0 Å². The smallest absolute Gasteiger partial charge is 0.141 e. The third-order valence-corrected chi connectivity index (χ3v) is 7.22. The zero-order chi connectivity index (χ0) is 20.1. The van der Waals surface area contributed by atoms with Crippen molar-refractivity contribution in [2.45, 2.75) is 56.3 Å². The van der Waals surface area contributed by atoms with E-state index in [0.29, 0.717) is 21.9 Å². The minimum absolute atomic E-state index is 0.565. The molecule has 2 fully saturated rings. The molecule has 0 saturated heterocycles. The number of halogens is 1. The summed E-state index contributed by atoms with van der Waals surface area (Å²) in [6.45, 7) is 2.37. The van der Waals surface area contributed by atoms with Gasteiger partial charge in [0, 0.05) is 9.92 Å². The van der Waals surface area contributed by atoms with Gasteiger partial charge in [-0.2, -0.15) is 0 Å². The second kappa shape index (κ2) is 9.43. The van der Waals surface area contributed by atoms with Crippen LogP contribution in [-0.2, 0) is 0 Å². The fourth-order valence-electron chi connectivity index (χ4n) is 5.13. The summed E-state index contributed by atoms with van der Waals surface area (Å²) in [5, 5.41) is 6.22. The molecule has 5 heteroatoms. The van der Waals surface area contributed by atoms with Gasteiger partial charge in [-0.1, -0.05) is 56.3 Å². The summed E-state index contributed by atoms with van der Waals surface area (Å²) in [6, 6.07) is 14.1. The van der Waals surface area contributed by atoms with Crippen molar-refractivity contribution < 1.29 is 4.74 Å². The summed E-state index contributed by atoms with van der Waals surface area (Å²) >= 11 is 6.98. The van der Waals surface area contributed by atoms with Crippen molar-refractivity contribution in [3.8, 4) is 5.75 Å². The molecule has 2 unspecified atom stereocenters. The average Bonchev–Trinajstić information content (AvgIpc) is 3.34. The number of nitrogens with two attached hydrogens (primary N) is 2. The van der Waals surface area contributed by atoms with Crippen LogP contribution in [0.4, 0.5) is 5.69 Å². The number of methoxy groups -OCH3 is 1. The lowest BCUT2D eigenvalue weighted by Crippen LogP contribution is -2.10. The highest BCUT2D eigenvalue weighted by atomic mass is 35.5. The van der Waals surface area contributed by atoms with Gasteiger partial charge in [-0.3, -0.25) is 5.14 Å². The molecule has 1 spiro atoms. The Morgan fingerprint density at radius 2 is 1.79 bits per heavy atom. The molecule has 2 aliphatic carbocycles. The first kappa shape index (κ1) is 21.4. The van der Waals surface area contributed by atoms with Gasteiger partial charge in [0.1, 0.15) is 5.75 Å². The molecule has 28 heavy (non-hydrogen) atoms. The summed E-state index contributed by atoms with van der Waals surface area (Å²) in [7, 11) is 1.57. The zero-order valence-electron chi connectivity index (χ0n) is 16.8. The van der Waals surface area contributed by atoms with Crippen LogP contribution in [0, 0.1) is 11.3 Å². The lowest BCUT2D eigenvalue weighted by Gasteiger charge is -2.23. The topological polar surface area (TPSA) is 61.3 Å². The van der Waals surface area contributed by atoms with E-state index >= 15 is 0 Å². The standard InChI is InChI=1S/C16H23NS.C7H8ClNO/c1-2-14-15(16(14)10-4-3-5-11-16)12-6-8-13(18-17)9-7-12;1-10-7-3-2-5(8)4-6(7)9/h6-9,14-15H,2-5,10-11,17H2,1H3;2-4H,9H2,1H3. The van der Waals surface area contributed by atoms with Crippen LogP contribution < -0.4 is 15.6 Å². The monoisotopic (exact) mass is 418 g/mol. The van der Waals surface area contributed by atoms with Gasteiger partial charge in [-0.15, -0.1) is 0 Å². The first-order valence-corrected chi connectivity index (χ1v) is 11.4. The van der Waals surface area contributed by atoms with Gasteiger partial charge in [-0.05, 0) is 77.9 Å². The Bertz CT molecular complexity index is 775. The highest BCUT2D eigenvalue weighted by molar-refractivity contribution is 7.97. The predicted octanol–water partition coefficient (Wildman–Crippen LogP) is 6.66. The lowest BCUT2D eigenvalue weighted by atomic mass is 9.82. The molecule has 2 aromatic carbocycles. The van der Waals surface area contributed by atoms with Gasteiger partial charge in [-0.25, -0.2) is 0 Å². The van der Waals surface area contributed by atoms with Crippen molar-refractivity contribution in [2.24, 2.45) is 16.5 Å². The highest BCUT2D eigenvalue weighted by Gasteiger charge is 2.62. The van der Waals surface area contributed by atoms with E-state index in [1.54, 1.807) is 30.9 Å². The van der Waals surface area contributed by atoms with Gasteiger partial charge in [0.2, 0.25) is 0 Å². The number of hydrogen-bond donors (Lipinski definition) is 2. The minimum atomic E-state index is 0.565. The number of benzene rings is 2. The van der Waals surface area contributed by atoms with Gasteiger partial charge in [0.25, 0.3) is 0 Å². The second-order valence-corrected chi connectivity index (χ2v) is 9.00. The number of rotatable bonds is 4. The molecule has 0 bridgehead atoms. The maximum Gasteiger partial charge on any atom is 0.141 e. The van der Waals surface area contributed by atoms with E-state index in [1.165, 1.54) is 55.4 Å². The Morgan fingerprint density at radius 1 is 1.11 bits per heavy atom. The highest BCUT2D eigenvalue weighted by Crippen LogP contribution is 2.72. The Hall–Kier alpha value is -1.36. The molecule has 2 atom stereocenters. The number of nitrogen functional groups attached to an aromatic ring is 1. The maximum absolute atomic E-state index is 5.64. The van der Waals surface area contributed by atoms with Crippen molar-refractivity contribution in [1.82, 2.24) is 0 Å². The quantitative estimate of drug-likeness (QED) is 0.430. The second-order valence-electron chi connectivity index (χ2n) is 7.86. The van der Waals surface area contributed by atoms with E-state index in [4.69, 9.17) is 27.2 Å². The Morgan fingerprint density at radius 3 is 2.32 bits per heavy atom. The molecule has 0 aliphatic heterocycles. The molecular formula is C23H31ClN2OS. The van der Waals surface area contributed by atoms with Crippen LogP contribution in [0.2, 0.25) is 5.02 Å². The molecule has 0 amide bonds. The number of ether oxygens (including phenoxy) is 1. The fourth-order valence-corrected chi connectivity index (χ4v) is 5.61. The summed E-state index contributed by atoms with van der Waals surface area (Å²) in [5.41, 5.74) is 8.32. The molecule has 2 aromatic rings.